The Hall–Kier alpha value is -3.19. The van der Waals surface area contributed by atoms with Gasteiger partial charge < -0.3 is 15.2 Å². The van der Waals surface area contributed by atoms with Gasteiger partial charge in [-0.15, -0.1) is 0 Å². The Morgan fingerprint density at radius 1 is 0.875 bits per heavy atom. The van der Waals surface area contributed by atoms with Crippen LogP contribution in [0.2, 0.25) is 0 Å². The number of unbranched alkanes of at least 4 members (excludes halogenated alkanes) is 3. The maximum absolute atomic E-state index is 6.08. The molecule has 1 aliphatic rings. The number of aryl methyl sites for hydroxylation is 1. The number of aliphatic imine (C=N–C) groups is 1. The van der Waals surface area contributed by atoms with E-state index in [1.54, 1.807) is 6.20 Å². The Morgan fingerprint density at radius 2 is 1.66 bits per heavy atom. The third-order valence-electron chi connectivity index (χ3n) is 5.96. The van der Waals surface area contributed by atoms with Crippen LogP contribution in [0.1, 0.15) is 31.4 Å². The van der Waals surface area contributed by atoms with Gasteiger partial charge >= 0.3 is 0 Å². The van der Waals surface area contributed by atoms with Gasteiger partial charge in [-0.05, 0) is 55.8 Å². The zero-order valence-corrected chi connectivity index (χ0v) is 18.7. The molecule has 1 aromatic carbocycles. The minimum atomic E-state index is 0.439. The fraction of sp³-hybridized carbons (Fsp3) is 0.400. The average Bonchev–Trinajstić information content (AvgIpc) is 3.36. The molecular formula is C25H33N7. The Bertz CT molecular complexity index is 944. The molecule has 0 atom stereocenters. The quantitative estimate of drug-likeness (QED) is 0.301. The number of pyridine rings is 1. The van der Waals surface area contributed by atoms with Crippen LogP contribution in [0.25, 0.3) is 0 Å². The van der Waals surface area contributed by atoms with E-state index >= 15 is 0 Å². The molecule has 4 rings (SSSR count). The van der Waals surface area contributed by atoms with E-state index in [-0.39, 0.29) is 0 Å². The summed E-state index contributed by atoms with van der Waals surface area (Å²) in [6, 6.07) is 14.0. The number of piperazine rings is 1. The number of amidine groups is 1. The van der Waals surface area contributed by atoms with Crippen LogP contribution in [0.5, 0.6) is 0 Å². The van der Waals surface area contributed by atoms with E-state index in [1.165, 1.54) is 37.9 Å². The third kappa shape index (κ3) is 6.40. The molecule has 1 saturated heterocycles. The van der Waals surface area contributed by atoms with E-state index in [0.717, 1.165) is 38.4 Å². The van der Waals surface area contributed by atoms with Crippen LogP contribution in [0.4, 0.5) is 11.4 Å². The van der Waals surface area contributed by atoms with Crippen LogP contribution >= 0.6 is 0 Å². The summed E-state index contributed by atoms with van der Waals surface area (Å²) >= 11 is 0. The molecule has 7 heteroatoms. The van der Waals surface area contributed by atoms with Crippen molar-refractivity contribution in [2.24, 2.45) is 10.7 Å². The van der Waals surface area contributed by atoms with Gasteiger partial charge in [0.05, 0.1) is 12.0 Å². The minimum Gasteiger partial charge on any atom is -0.382 e. The number of hydrogen-bond acceptors (Lipinski definition) is 5. The van der Waals surface area contributed by atoms with Gasteiger partial charge in [-0.3, -0.25) is 9.88 Å². The molecule has 32 heavy (non-hydrogen) atoms. The number of imidazole rings is 1. The molecule has 2 N–H and O–H groups in total. The summed E-state index contributed by atoms with van der Waals surface area (Å²) in [7, 11) is 0. The highest BCUT2D eigenvalue weighted by Gasteiger charge is 2.16. The highest BCUT2D eigenvalue weighted by Crippen LogP contribution is 2.21. The molecule has 1 fully saturated rings. The van der Waals surface area contributed by atoms with E-state index in [1.807, 2.05) is 49.1 Å². The highest BCUT2D eigenvalue weighted by atomic mass is 15.3. The highest BCUT2D eigenvalue weighted by molar-refractivity contribution is 5.97. The van der Waals surface area contributed by atoms with E-state index < -0.39 is 0 Å². The van der Waals surface area contributed by atoms with Gasteiger partial charge in [0.2, 0.25) is 0 Å². The van der Waals surface area contributed by atoms with Crippen molar-refractivity contribution in [3.05, 3.63) is 73.1 Å². The van der Waals surface area contributed by atoms with E-state index in [4.69, 9.17) is 5.73 Å². The molecule has 7 nitrogen and oxygen atoms in total. The number of rotatable bonds is 10. The number of anilines is 1. The smallest absolute Gasteiger partial charge is 0.150 e. The molecule has 0 spiro atoms. The van der Waals surface area contributed by atoms with Gasteiger partial charge in [0.25, 0.3) is 0 Å². The van der Waals surface area contributed by atoms with Crippen LogP contribution in [0.15, 0.2) is 72.4 Å². The van der Waals surface area contributed by atoms with Gasteiger partial charge in [0, 0.05) is 57.0 Å². The molecule has 3 heterocycles. The largest absolute Gasteiger partial charge is 0.382 e. The molecule has 168 valence electrons. The molecule has 0 amide bonds. The number of hydrogen-bond donors (Lipinski definition) is 1. The SMILES string of the molecule is NC(=Nc1ccc(N2CCN(CCCCCCn3ccnc3)CC2)cc1)c1ccccn1. The predicted octanol–water partition coefficient (Wildman–Crippen LogP) is 3.70. The normalized spacial score (nSPS) is 15.2. The third-order valence-corrected chi connectivity index (χ3v) is 5.96. The second-order valence-corrected chi connectivity index (χ2v) is 8.27. The summed E-state index contributed by atoms with van der Waals surface area (Å²) in [4.78, 5) is 17.9. The Labute approximate surface area is 190 Å². The summed E-state index contributed by atoms with van der Waals surface area (Å²) in [5, 5.41) is 0. The van der Waals surface area contributed by atoms with Crippen molar-refractivity contribution in [2.45, 2.75) is 32.2 Å². The van der Waals surface area contributed by atoms with Crippen molar-refractivity contribution >= 4 is 17.2 Å². The molecule has 0 saturated carbocycles. The first-order chi connectivity index (χ1) is 15.8. The summed E-state index contributed by atoms with van der Waals surface area (Å²) in [6.07, 6.45) is 12.6. The van der Waals surface area contributed by atoms with Crippen LogP contribution in [0.3, 0.4) is 0 Å². The fourth-order valence-corrected chi connectivity index (χ4v) is 4.08. The molecule has 3 aromatic rings. The summed E-state index contributed by atoms with van der Waals surface area (Å²) in [6.45, 7) is 6.68. The second kappa shape index (κ2) is 11.4. The topological polar surface area (TPSA) is 75.6 Å². The molecular weight excluding hydrogens is 398 g/mol. The van der Waals surface area contributed by atoms with Gasteiger partial charge in [-0.2, -0.15) is 0 Å². The lowest BCUT2D eigenvalue weighted by atomic mass is 10.1. The van der Waals surface area contributed by atoms with Crippen LogP contribution < -0.4 is 10.6 Å². The van der Waals surface area contributed by atoms with E-state index in [9.17, 15) is 0 Å². The molecule has 0 aliphatic carbocycles. The first-order valence-corrected chi connectivity index (χ1v) is 11.6. The standard InChI is InChI=1S/C25H33N7/c26-25(24-7-3-4-12-28-24)29-22-8-10-23(11-9-22)32-19-17-30(18-20-32)14-5-1-2-6-15-31-16-13-27-21-31/h3-4,7-13,16,21H,1-2,5-6,14-15,17-20H2,(H2,26,29). The summed E-state index contributed by atoms with van der Waals surface area (Å²) < 4.78 is 2.16. The number of nitrogens with zero attached hydrogens (tertiary/aromatic N) is 6. The Balaban J connectivity index is 1.16. The van der Waals surface area contributed by atoms with Crippen LogP contribution in [-0.4, -0.2) is 58.0 Å². The van der Waals surface area contributed by atoms with Crippen molar-refractivity contribution in [3.63, 3.8) is 0 Å². The van der Waals surface area contributed by atoms with Crippen LogP contribution in [-0.2, 0) is 6.54 Å². The predicted molar refractivity (Wildman–Crippen MR) is 130 cm³/mol. The van der Waals surface area contributed by atoms with Crippen molar-refractivity contribution in [1.82, 2.24) is 19.4 Å². The average molecular weight is 432 g/mol. The minimum absolute atomic E-state index is 0.439. The molecule has 2 aromatic heterocycles. The van der Waals surface area contributed by atoms with Gasteiger partial charge in [-0.25, -0.2) is 9.98 Å². The first kappa shape index (κ1) is 22.0. The van der Waals surface area contributed by atoms with Gasteiger partial charge in [0.15, 0.2) is 0 Å². The molecule has 0 radical (unpaired) electrons. The van der Waals surface area contributed by atoms with Crippen molar-refractivity contribution in [3.8, 4) is 0 Å². The fourth-order valence-electron chi connectivity index (χ4n) is 4.08. The van der Waals surface area contributed by atoms with Crippen molar-refractivity contribution < 1.29 is 0 Å². The maximum Gasteiger partial charge on any atom is 0.150 e. The summed E-state index contributed by atoms with van der Waals surface area (Å²) in [5.41, 5.74) is 8.88. The maximum atomic E-state index is 6.08. The number of aromatic nitrogens is 3. The van der Waals surface area contributed by atoms with Crippen LogP contribution in [0, 0.1) is 0 Å². The van der Waals surface area contributed by atoms with Crippen molar-refractivity contribution in [1.29, 1.82) is 0 Å². The molecule has 0 unspecified atom stereocenters. The lowest BCUT2D eigenvalue weighted by molar-refractivity contribution is 0.252. The monoisotopic (exact) mass is 431 g/mol. The van der Waals surface area contributed by atoms with E-state index in [2.05, 4.69) is 41.5 Å². The van der Waals surface area contributed by atoms with E-state index in [0.29, 0.717) is 11.5 Å². The van der Waals surface area contributed by atoms with Gasteiger partial charge in [0.1, 0.15) is 11.5 Å². The second-order valence-electron chi connectivity index (χ2n) is 8.27. The molecule has 0 bridgehead atoms. The Kier molecular flexibility index (Phi) is 7.87. The lowest BCUT2D eigenvalue weighted by Gasteiger charge is -2.36. The van der Waals surface area contributed by atoms with Crippen molar-refractivity contribution in [2.75, 3.05) is 37.6 Å². The van der Waals surface area contributed by atoms with Gasteiger partial charge in [-0.1, -0.05) is 18.9 Å². The zero-order chi connectivity index (χ0) is 22.0. The lowest BCUT2D eigenvalue weighted by Crippen LogP contribution is -2.46. The summed E-state index contributed by atoms with van der Waals surface area (Å²) in [5.74, 6) is 0.439. The molecule has 1 aliphatic heterocycles. The zero-order valence-electron chi connectivity index (χ0n) is 18.7. The Morgan fingerprint density at radius 3 is 2.34 bits per heavy atom. The first-order valence-electron chi connectivity index (χ1n) is 11.6. The number of benzene rings is 1. The number of nitrogens with two attached hydrogens (primary N) is 1.